The van der Waals surface area contributed by atoms with Crippen molar-refractivity contribution in [2.45, 2.75) is 37.8 Å². The van der Waals surface area contributed by atoms with Crippen LogP contribution in [-0.2, 0) is 36.0 Å². The SMILES string of the molecule is CCN1CCc2c(sc(NC(=O)c3ccc(S(=O)(=O)N4CCc5ccccc5C4)cc3)c2C(N)=O)C1. The first-order valence-corrected chi connectivity index (χ1v) is 14.2. The summed E-state index contributed by atoms with van der Waals surface area (Å²) in [6, 6.07) is 13.8. The molecule has 3 aromatic rings. The van der Waals surface area contributed by atoms with Gasteiger partial charge in [-0.3, -0.25) is 14.5 Å². The lowest BCUT2D eigenvalue weighted by molar-refractivity contribution is 0.1000. The Kier molecular flexibility index (Phi) is 6.69. The van der Waals surface area contributed by atoms with Crippen LogP contribution >= 0.6 is 11.3 Å². The molecule has 0 aliphatic carbocycles. The molecule has 36 heavy (non-hydrogen) atoms. The number of thiophene rings is 1. The number of rotatable bonds is 6. The summed E-state index contributed by atoms with van der Waals surface area (Å²) in [5.74, 6) is -0.975. The fourth-order valence-electron chi connectivity index (χ4n) is 4.85. The van der Waals surface area contributed by atoms with Crippen LogP contribution in [-0.4, -0.2) is 49.1 Å². The van der Waals surface area contributed by atoms with Gasteiger partial charge in [0.15, 0.2) is 0 Å². The van der Waals surface area contributed by atoms with E-state index in [0.29, 0.717) is 42.1 Å². The van der Waals surface area contributed by atoms with E-state index >= 15 is 0 Å². The van der Waals surface area contributed by atoms with Crippen molar-refractivity contribution in [2.24, 2.45) is 5.73 Å². The number of carbonyl (C=O) groups excluding carboxylic acids is 2. The Morgan fingerprint density at radius 1 is 1.00 bits per heavy atom. The summed E-state index contributed by atoms with van der Waals surface area (Å²) in [7, 11) is -3.70. The summed E-state index contributed by atoms with van der Waals surface area (Å²) < 4.78 is 27.9. The van der Waals surface area contributed by atoms with Gasteiger partial charge in [0, 0.05) is 36.6 Å². The highest BCUT2D eigenvalue weighted by atomic mass is 32.2. The lowest BCUT2D eigenvalue weighted by Gasteiger charge is -2.28. The number of sulfonamides is 1. The first-order valence-electron chi connectivity index (χ1n) is 11.9. The summed E-state index contributed by atoms with van der Waals surface area (Å²) in [5.41, 5.74) is 9.44. The van der Waals surface area contributed by atoms with E-state index in [0.717, 1.165) is 35.6 Å². The lowest BCUT2D eigenvalue weighted by Crippen LogP contribution is -2.35. The van der Waals surface area contributed by atoms with Crippen molar-refractivity contribution in [1.29, 1.82) is 0 Å². The zero-order chi connectivity index (χ0) is 25.4. The van der Waals surface area contributed by atoms with Gasteiger partial charge in [-0.1, -0.05) is 31.2 Å². The van der Waals surface area contributed by atoms with Crippen LogP contribution in [0, 0.1) is 0 Å². The fourth-order valence-corrected chi connectivity index (χ4v) is 7.56. The van der Waals surface area contributed by atoms with Crippen LogP contribution in [0.4, 0.5) is 5.00 Å². The van der Waals surface area contributed by atoms with Gasteiger partial charge < -0.3 is 11.1 Å². The normalized spacial score (nSPS) is 16.2. The number of fused-ring (bicyclic) bond motifs is 2. The second-order valence-electron chi connectivity index (χ2n) is 9.03. The molecule has 0 saturated heterocycles. The maximum atomic E-state index is 13.2. The highest BCUT2D eigenvalue weighted by Crippen LogP contribution is 2.37. The summed E-state index contributed by atoms with van der Waals surface area (Å²) in [6.07, 6.45) is 1.38. The Hall–Kier alpha value is -3.05. The van der Waals surface area contributed by atoms with Crippen molar-refractivity contribution in [1.82, 2.24) is 9.21 Å². The quantitative estimate of drug-likeness (QED) is 0.514. The molecule has 0 fully saturated rings. The molecule has 2 aliphatic rings. The Morgan fingerprint density at radius 3 is 2.42 bits per heavy atom. The molecule has 8 nitrogen and oxygen atoms in total. The summed E-state index contributed by atoms with van der Waals surface area (Å²) in [5, 5.41) is 3.27. The number of anilines is 1. The third-order valence-corrected chi connectivity index (χ3v) is 9.90. The molecule has 188 valence electrons. The number of primary amides is 1. The molecule has 2 aliphatic heterocycles. The molecule has 0 saturated carbocycles. The fraction of sp³-hybridized carbons (Fsp3) is 0.308. The number of nitrogens with one attached hydrogen (secondary N) is 1. The number of carbonyl (C=O) groups is 2. The summed E-state index contributed by atoms with van der Waals surface area (Å²) >= 11 is 1.38. The van der Waals surface area contributed by atoms with E-state index in [-0.39, 0.29) is 4.90 Å². The molecule has 0 spiro atoms. The molecule has 2 aromatic carbocycles. The van der Waals surface area contributed by atoms with Crippen LogP contribution in [0.3, 0.4) is 0 Å². The van der Waals surface area contributed by atoms with E-state index in [4.69, 9.17) is 5.73 Å². The largest absolute Gasteiger partial charge is 0.365 e. The van der Waals surface area contributed by atoms with Crippen LogP contribution in [0.1, 0.15) is 49.2 Å². The Bertz CT molecular complexity index is 1430. The molecule has 10 heteroatoms. The molecular weight excluding hydrogens is 496 g/mol. The van der Waals surface area contributed by atoms with E-state index in [2.05, 4.69) is 17.1 Å². The van der Waals surface area contributed by atoms with Crippen molar-refractivity contribution in [3.63, 3.8) is 0 Å². The topological polar surface area (TPSA) is 113 Å². The van der Waals surface area contributed by atoms with Crippen molar-refractivity contribution in [3.05, 3.63) is 81.2 Å². The van der Waals surface area contributed by atoms with Gasteiger partial charge in [0.05, 0.1) is 10.5 Å². The molecule has 0 bridgehead atoms. The van der Waals surface area contributed by atoms with Crippen molar-refractivity contribution >= 4 is 38.2 Å². The van der Waals surface area contributed by atoms with Gasteiger partial charge in [-0.2, -0.15) is 4.31 Å². The first kappa shape index (κ1) is 24.6. The van der Waals surface area contributed by atoms with Crippen LogP contribution in [0.5, 0.6) is 0 Å². The van der Waals surface area contributed by atoms with Crippen molar-refractivity contribution in [2.75, 3.05) is 25.0 Å². The van der Waals surface area contributed by atoms with Gasteiger partial charge in [0.2, 0.25) is 10.0 Å². The average molecular weight is 525 g/mol. The highest BCUT2D eigenvalue weighted by molar-refractivity contribution is 7.89. The molecule has 2 amide bonds. The van der Waals surface area contributed by atoms with Crippen molar-refractivity contribution < 1.29 is 18.0 Å². The second-order valence-corrected chi connectivity index (χ2v) is 12.1. The Morgan fingerprint density at radius 2 is 1.72 bits per heavy atom. The van der Waals surface area contributed by atoms with E-state index in [9.17, 15) is 18.0 Å². The number of nitrogens with zero attached hydrogens (tertiary/aromatic N) is 2. The molecule has 0 radical (unpaired) electrons. The van der Waals surface area contributed by atoms with Crippen LogP contribution in [0.15, 0.2) is 53.4 Å². The van der Waals surface area contributed by atoms with Gasteiger partial charge in [-0.25, -0.2) is 8.42 Å². The van der Waals surface area contributed by atoms with Gasteiger partial charge in [0.1, 0.15) is 5.00 Å². The van der Waals surface area contributed by atoms with E-state index in [1.54, 1.807) is 0 Å². The van der Waals surface area contributed by atoms with Gasteiger partial charge >= 0.3 is 0 Å². The smallest absolute Gasteiger partial charge is 0.256 e. The zero-order valence-electron chi connectivity index (χ0n) is 20.0. The molecule has 1 aromatic heterocycles. The van der Waals surface area contributed by atoms with E-state index in [1.807, 2.05) is 24.3 Å². The van der Waals surface area contributed by atoms with Gasteiger partial charge in [0.25, 0.3) is 11.8 Å². The summed E-state index contributed by atoms with van der Waals surface area (Å²) in [6.45, 7) is 5.30. The second kappa shape index (κ2) is 9.78. The maximum absolute atomic E-state index is 13.2. The minimum absolute atomic E-state index is 0.141. The Labute approximate surface area is 214 Å². The van der Waals surface area contributed by atoms with E-state index in [1.165, 1.54) is 45.5 Å². The number of hydrogen-bond donors (Lipinski definition) is 2. The number of likely N-dealkylation sites (N-methyl/N-ethyl adjacent to an activating group) is 1. The first-order chi connectivity index (χ1) is 17.3. The third-order valence-electron chi connectivity index (χ3n) is 6.91. The summed E-state index contributed by atoms with van der Waals surface area (Å²) in [4.78, 5) is 28.6. The number of benzene rings is 2. The predicted molar refractivity (Wildman–Crippen MR) is 140 cm³/mol. The van der Waals surface area contributed by atoms with Gasteiger partial charge in [-0.15, -0.1) is 11.3 Å². The van der Waals surface area contributed by atoms with Gasteiger partial charge in [-0.05, 0) is 60.3 Å². The zero-order valence-corrected chi connectivity index (χ0v) is 21.6. The molecule has 0 unspecified atom stereocenters. The molecular formula is C26H28N4O4S2. The van der Waals surface area contributed by atoms with Crippen LogP contribution in [0.2, 0.25) is 0 Å². The van der Waals surface area contributed by atoms with E-state index < -0.39 is 21.8 Å². The number of nitrogens with two attached hydrogens (primary N) is 1. The van der Waals surface area contributed by atoms with Crippen LogP contribution < -0.4 is 11.1 Å². The third kappa shape index (κ3) is 4.57. The Balaban J connectivity index is 1.34. The lowest BCUT2D eigenvalue weighted by atomic mass is 10.0. The number of hydrogen-bond acceptors (Lipinski definition) is 6. The predicted octanol–water partition coefficient (Wildman–Crippen LogP) is 3.22. The molecule has 3 heterocycles. The average Bonchev–Trinajstić information content (AvgIpc) is 3.25. The minimum Gasteiger partial charge on any atom is -0.365 e. The number of amides is 2. The molecule has 5 rings (SSSR count). The standard InChI is InChI=1S/C26H28N4O4S2/c1-2-29-13-12-21-22(16-29)35-26(23(21)24(27)31)28-25(32)18-7-9-20(10-8-18)36(33,34)30-14-11-17-5-3-4-6-19(17)15-30/h3-10H,2,11-16H2,1H3,(H2,27,31)(H,28,32). The highest BCUT2D eigenvalue weighted by Gasteiger charge is 2.29. The van der Waals surface area contributed by atoms with Crippen LogP contribution in [0.25, 0.3) is 0 Å². The minimum atomic E-state index is -3.70. The van der Waals surface area contributed by atoms with Crippen molar-refractivity contribution in [3.8, 4) is 0 Å². The monoisotopic (exact) mass is 524 g/mol. The molecule has 0 atom stereocenters. The maximum Gasteiger partial charge on any atom is 0.256 e. The molecule has 3 N–H and O–H groups in total.